The lowest BCUT2D eigenvalue weighted by Gasteiger charge is -2.37. The van der Waals surface area contributed by atoms with Crippen molar-refractivity contribution in [2.45, 2.75) is 24.8 Å². The van der Waals surface area contributed by atoms with Crippen molar-refractivity contribution in [3.63, 3.8) is 0 Å². The van der Waals surface area contributed by atoms with Gasteiger partial charge in [0.25, 0.3) is 0 Å². The molecular formula is C12H11N3O. The van der Waals surface area contributed by atoms with E-state index in [4.69, 9.17) is 0 Å². The Kier molecular flexibility index (Phi) is 1.91. The van der Waals surface area contributed by atoms with Crippen molar-refractivity contribution in [1.82, 2.24) is 10.2 Å². The van der Waals surface area contributed by atoms with Gasteiger partial charge in [0.1, 0.15) is 5.54 Å². The van der Waals surface area contributed by atoms with Crippen LogP contribution >= 0.6 is 0 Å². The molecule has 1 aliphatic rings. The molecule has 3 rings (SSSR count). The van der Waals surface area contributed by atoms with Gasteiger partial charge in [-0.05, 0) is 19.3 Å². The highest BCUT2D eigenvalue weighted by atomic mass is 16.1. The third-order valence-corrected chi connectivity index (χ3v) is 3.42. The van der Waals surface area contributed by atoms with Crippen LogP contribution in [0.3, 0.4) is 0 Å². The molecule has 1 N–H and O–H groups in total. The topological polar surface area (TPSA) is 58.1 Å². The summed E-state index contributed by atoms with van der Waals surface area (Å²) in [6.45, 7) is 0. The Labute approximate surface area is 92.4 Å². The number of carbonyl (C=O) groups excluding carboxylic acids is 1. The van der Waals surface area contributed by atoms with E-state index in [2.05, 4.69) is 15.2 Å². The second-order valence-corrected chi connectivity index (χ2v) is 4.23. The number of nitrogens with zero attached hydrogens (tertiary/aromatic N) is 2. The molecule has 1 aromatic heterocycles. The Morgan fingerprint density at radius 2 is 2.31 bits per heavy atom. The van der Waals surface area contributed by atoms with Crippen molar-refractivity contribution in [3.8, 4) is 0 Å². The van der Waals surface area contributed by atoms with Crippen molar-refractivity contribution >= 4 is 17.0 Å². The van der Waals surface area contributed by atoms with Gasteiger partial charge in [-0.25, -0.2) is 4.79 Å². The fourth-order valence-corrected chi connectivity index (χ4v) is 2.40. The number of benzene rings is 1. The zero-order valence-corrected chi connectivity index (χ0v) is 8.73. The van der Waals surface area contributed by atoms with E-state index in [-0.39, 0.29) is 5.54 Å². The summed E-state index contributed by atoms with van der Waals surface area (Å²) in [5.74, 6) is 0. The van der Waals surface area contributed by atoms with Crippen LogP contribution in [0.1, 0.15) is 24.8 Å². The SMILES string of the molecule is O=C=NC1(c2cccc3cn[nH]c23)CCC1. The van der Waals surface area contributed by atoms with Gasteiger partial charge in [0, 0.05) is 10.9 Å². The van der Waals surface area contributed by atoms with Crippen LogP contribution in [0.15, 0.2) is 29.4 Å². The first-order chi connectivity index (χ1) is 7.86. The summed E-state index contributed by atoms with van der Waals surface area (Å²) < 4.78 is 0. The predicted octanol–water partition coefficient (Wildman–Crippen LogP) is 2.28. The summed E-state index contributed by atoms with van der Waals surface area (Å²) in [5.41, 5.74) is 1.70. The Morgan fingerprint density at radius 1 is 1.44 bits per heavy atom. The highest BCUT2D eigenvalue weighted by Crippen LogP contribution is 2.46. The van der Waals surface area contributed by atoms with Gasteiger partial charge in [-0.1, -0.05) is 18.2 Å². The minimum atomic E-state index is -0.353. The summed E-state index contributed by atoms with van der Waals surface area (Å²) in [6.07, 6.45) is 6.43. The van der Waals surface area contributed by atoms with Gasteiger partial charge in [0.2, 0.25) is 6.08 Å². The van der Waals surface area contributed by atoms with Gasteiger partial charge >= 0.3 is 0 Å². The molecule has 0 bridgehead atoms. The molecular weight excluding hydrogens is 202 g/mol. The lowest BCUT2D eigenvalue weighted by molar-refractivity contribution is 0.258. The lowest BCUT2D eigenvalue weighted by Crippen LogP contribution is -2.32. The highest BCUT2D eigenvalue weighted by molar-refractivity contribution is 5.82. The number of isocyanates is 1. The van der Waals surface area contributed by atoms with Crippen molar-refractivity contribution in [3.05, 3.63) is 30.0 Å². The maximum absolute atomic E-state index is 10.5. The molecule has 1 aliphatic carbocycles. The first-order valence-electron chi connectivity index (χ1n) is 5.37. The van der Waals surface area contributed by atoms with Gasteiger partial charge < -0.3 is 0 Å². The molecule has 0 saturated heterocycles. The molecule has 1 heterocycles. The molecule has 0 unspecified atom stereocenters. The van der Waals surface area contributed by atoms with E-state index in [1.54, 1.807) is 12.3 Å². The van der Waals surface area contributed by atoms with Crippen molar-refractivity contribution < 1.29 is 4.79 Å². The van der Waals surface area contributed by atoms with Gasteiger partial charge in [0.05, 0.1) is 11.7 Å². The quantitative estimate of drug-likeness (QED) is 0.614. The van der Waals surface area contributed by atoms with Gasteiger partial charge in [-0.2, -0.15) is 10.1 Å². The molecule has 1 saturated carbocycles. The summed E-state index contributed by atoms with van der Waals surface area (Å²) in [6, 6.07) is 5.99. The molecule has 0 amide bonds. The van der Waals surface area contributed by atoms with Crippen LogP contribution in [0.2, 0.25) is 0 Å². The van der Waals surface area contributed by atoms with Crippen molar-refractivity contribution in [1.29, 1.82) is 0 Å². The molecule has 1 aromatic carbocycles. The van der Waals surface area contributed by atoms with E-state index in [1.807, 2.05) is 18.2 Å². The van der Waals surface area contributed by atoms with Gasteiger partial charge in [-0.3, -0.25) is 5.10 Å². The Hall–Kier alpha value is -1.93. The largest absolute Gasteiger partial charge is 0.277 e. The van der Waals surface area contributed by atoms with E-state index in [9.17, 15) is 4.79 Å². The average Bonchev–Trinajstić information content (AvgIpc) is 2.71. The smallest absolute Gasteiger partial charge is 0.235 e. The predicted molar refractivity (Wildman–Crippen MR) is 59.7 cm³/mol. The summed E-state index contributed by atoms with van der Waals surface area (Å²) in [4.78, 5) is 14.6. The van der Waals surface area contributed by atoms with Crippen LogP contribution in [0.25, 0.3) is 10.9 Å². The minimum absolute atomic E-state index is 0.353. The Morgan fingerprint density at radius 3 is 3.00 bits per heavy atom. The van der Waals surface area contributed by atoms with Crippen LogP contribution < -0.4 is 0 Å². The third-order valence-electron chi connectivity index (χ3n) is 3.42. The van der Waals surface area contributed by atoms with E-state index in [0.29, 0.717) is 0 Å². The molecule has 4 heteroatoms. The number of aromatic amines is 1. The average molecular weight is 213 g/mol. The number of fused-ring (bicyclic) bond motifs is 1. The molecule has 1 fully saturated rings. The number of nitrogens with one attached hydrogen (secondary N) is 1. The molecule has 0 aliphatic heterocycles. The first kappa shape index (κ1) is 9.31. The van der Waals surface area contributed by atoms with Crippen LogP contribution in [0.5, 0.6) is 0 Å². The van der Waals surface area contributed by atoms with Crippen LogP contribution in [0.4, 0.5) is 0 Å². The van der Waals surface area contributed by atoms with E-state index >= 15 is 0 Å². The Bertz CT molecular complexity index is 577. The number of hydrogen-bond acceptors (Lipinski definition) is 3. The zero-order chi connectivity index (χ0) is 11.0. The lowest BCUT2D eigenvalue weighted by atomic mass is 9.72. The molecule has 16 heavy (non-hydrogen) atoms. The highest BCUT2D eigenvalue weighted by Gasteiger charge is 2.40. The van der Waals surface area contributed by atoms with Crippen LogP contribution in [0, 0.1) is 0 Å². The maximum atomic E-state index is 10.5. The summed E-state index contributed by atoms with van der Waals surface area (Å²) in [7, 11) is 0. The molecule has 0 atom stereocenters. The van der Waals surface area contributed by atoms with E-state index in [1.165, 1.54) is 0 Å². The van der Waals surface area contributed by atoms with Crippen LogP contribution in [-0.4, -0.2) is 16.3 Å². The first-order valence-corrected chi connectivity index (χ1v) is 5.37. The van der Waals surface area contributed by atoms with Gasteiger partial charge in [0.15, 0.2) is 0 Å². The van der Waals surface area contributed by atoms with Crippen molar-refractivity contribution in [2.24, 2.45) is 4.99 Å². The zero-order valence-electron chi connectivity index (χ0n) is 8.73. The monoisotopic (exact) mass is 213 g/mol. The number of rotatable bonds is 2. The standard InChI is InChI=1S/C12H11N3O/c16-8-13-12(5-2-6-12)10-4-1-3-9-7-14-15-11(9)10/h1,3-4,7H,2,5-6H2,(H,14,15). The number of H-pyrrole nitrogens is 1. The number of para-hydroxylation sites is 1. The van der Waals surface area contributed by atoms with E-state index in [0.717, 1.165) is 35.7 Å². The van der Waals surface area contributed by atoms with E-state index < -0.39 is 0 Å². The fourth-order valence-electron chi connectivity index (χ4n) is 2.40. The third kappa shape index (κ3) is 1.14. The maximum Gasteiger partial charge on any atom is 0.235 e. The summed E-state index contributed by atoms with van der Waals surface area (Å²) >= 11 is 0. The fraction of sp³-hybridized carbons (Fsp3) is 0.333. The molecule has 80 valence electrons. The minimum Gasteiger partial charge on any atom is -0.277 e. The normalized spacial score (nSPS) is 17.8. The molecule has 0 radical (unpaired) electrons. The number of hydrogen-bond donors (Lipinski definition) is 1. The Balaban J connectivity index is 2.24. The second-order valence-electron chi connectivity index (χ2n) is 4.23. The summed E-state index contributed by atoms with van der Waals surface area (Å²) in [5, 5.41) is 8.07. The van der Waals surface area contributed by atoms with Crippen molar-refractivity contribution in [2.75, 3.05) is 0 Å². The molecule has 4 nitrogen and oxygen atoms in total. The molecule has 0 spiro atoms. The number of aliphatic imine (C=N–C) groups is 1. The second kappa shape index (κ2) is 3.29. The molecule has 2 aromatic rings. The van der Waals surface area contributed by atoms with Crippen LogP contribution in [-0.2, 0) is 10.3 Å². The number of aromatic nitrogens is 2. The van der Waals surface area contributed by atoms with Gasteiger partial charge in [-0.15, -0.1) is 0 Å².